The number of rotatable bonds is 4. The fourth-order valence-corrected chi connectivity index (χ4v) is 3.25. The highest BCUT2D eigenvalue weighted by Gasteiger charge is 2.40. The molecule has 0 aliphatic rings. The first-order valence-electron chi connectivity index (χ1n) is 6.65. The Labute approximate surface area is 151 Å². The molecule has 12 heteroatoms. The highest BCUT2D eigenvalue weighted by Crippen LogP contribution is 2.39. The monoisotopic (exact) mass is 438 g/mol. The normalized spacial score (nSPS) is 11.2. The van der Waals surface area contributed by atoms with Gasteiger partial charge in [0.05, 0.1) is 0 Å². The van der Waals surface area contributed by atoms with Gasteiger partial charge in [-0.1, -0.05) is 0 Å². The van der Waals surface area contributed by atoms with Crippen molar-refractivity contribution in [3.8, 4) is 10.6 Å². The summed E-state index contributed by atoms with van der Waals surface area (Å²) in [7, 11) is 0. The van der Waals surface area contributed by atoms with Gasteiger partial charge in [-0.15, -0.1) is 11.3 Å². The second kappa shape index (κ2) is 7.35. The fraction of sp³-hybridized carbons (Fsp3) is 0.231. The van der Waals surface area contributed by atoms with E-state index in [4.69, 9.17) is 5.11 Å². The molecule has 7 nitrogen and oxygen atoms in total. The summed E-state index contributed by atoms with van der Waals surface area (Å²) in [6.45, 7) is 2.08. The molecule has 2 heterocycles. The van der Waals surface area contributed by atoms with E-state index < -0.39 is 28.7 Å². The van der Waals surface area contributed by atoms with Gasteiger partial charge in [0, 0.05) is 22.8 Å². The van der Waals surface area contributed by atoms with Crippen LogP contribution in [0.5, 0.6) is 0 Å². The number of carbonyl (C=O) groups excluding carboxylic acids is 1. The average molecular weight is 439 g/mol. The maximum Gasteiger partial charge on any atom is 0.435 e. The number of carboxylic acids is 1. The van der Waals surface area contributed by atoms with Crippen LogP contribution < -0.4 is 10.6 Å². The van der Waals surface area contributed by atoms with Crippen molar-refractivity contribution in [1.82, 2.24) is 15.3 Å². The first kappa shape index (κ1) is 19.1. The molecule has 134 valence electrons. The summed E-state index contributed by atoms with van der Waals surface area (Å²) < 4.78 is 39.2. The quantitative estimate of drug-likeness (QED) is 0.672. The smallest absolute Gasteiger partial charge is 0.435 e. The minimum absolute atomic E-state index is 0.0739. The zero-order chi connectivity index (χ0) is 18.8. The maximum atomic E-state index is 13.0. The third-order valence-corrected chi connectivity index (χ3v) is 4.46. The van der Waals surface area contributed by atoms with Crippen molar-refractivity contribution in [2.75, 3.05) is 11.9 Å². The lowest BCUT2D eigenvalue weighted by atomic mass is 10.2. The predicted molar refractivity (Wildman–Crippen MR) is 87.7 cm³/mol. The van der Waals surface area contributed by atoms with Gasteiger partial charge in [-0.3, -0.25) is 5.32 Å². The number of urea groups is 1. The molecule has 2 rings (SSSR count). The Balaban J connectivity index is 2.48. The average Bonchev–Trinajstić information content (AvgIpc) is 2.95. The van der Waals surface area contributed by atoms with Crippen molar-refractivity contribution in [3.63, 3.8) is 0 Å². The number of thiazole rings is 1. The van der Waals surface area contributed by atoms with Crippen LogP contribution in [-0.2, 0) is 6.18 Å². The number of carboxylic acid groups (broad SMARTS) is 1. The molecule has 0 atom stereocenters. The van der Waals surface area contributed by atoms with E-state index in [9.17, 15) is 22.8 Å². The van der Waals surface area contributed by atoms with Gasteiger partial charge in [-0.25, -0.2) is 19.6 Å². The van der Waals surface area contributed by atoms with Gasteiger partial charge < -0.3 is 10.4 Å². The Morgan fingerprint density at radius 3 is 2.60 bits per heavy atom. The van der Waals surface area contributed by atoms with Crippen LogP contribution in [0.4, 0.5) is 23.8 Å². The second-order valence-electron chi connectivity index (χ2n) is 4.53. The van der Waals surface area contributed by atoms with E-state index in [1.165, 1.54) is 12.3 Å². The van der Waals surface area contributed by atoms with Crippen LogP contribution in [0.15, 0.2) is 16.7 Å². The van der Waals surface area contributed by atoms with E-state index in [1.54, 1.807) is 6.92 Å². The van der Waals surface area contributed by atoms with Crippen molar-refractivity contribution >= 4 is 45.1 Å². The Morgan fingerprint density at radius 1 is 1.40 bits per heavy atom. The standard InChI is InChI=1S/C13H10BrF3N4O3S/c1-2-18-12(24)20-7-3-5(6(14)4-19-7)10-21-9(13(15,16)17)8(25-10)11(22)23/h3-4H,2H2,1H3,(H,22,23)(H2,18,19,20,24). The number of amides is 2. The van der Waals surface area contributed by atoms with E-state index >= 15 is 0 Å². The lowest BCUT2D eigenvalue weighted by molar-refractivity contribution is -0.141. The molecule has 0 spiro atoms. The number of aromatic nitrogens is 2. The summed E-state index contributed by atoms with van der Waals surface area (Å²) in [6.07, 6.45) is -3.63. The molecule has 0 saturated heterocycles. The van der Waals surface area contributed by atoms with Gasteiger partial charge in [0.1, 0.15) is 15.7 Å². The molecule has 25 heavy (non-hydrogen) atoms. The number of pyridine rings is 1. The highest BCUT2D eigenvalue weighted by atomic mass is 79.9. The molecule has 3 N–H and O–H groups in total. The van der Waals surface area contributed by atoms with E-state index in [-0.39, 0.29) is 16.4 Å². The number of alkyl halides is 3. The lowest BCUT2D eigenvalue weighted by Gasteiger charge is -2.07. The largest absolute Gasteiger partial charge is 0.477 e. The maximum absolute atomic E-state index is 13.0. The van der Waals surface area contributed by atoms with Crippen molar-refractivity contribution in [1.29, 1.82) is 0 Å². The van der Waals surface area contributed by atoms with Crippen LogP contribution in [0.2, 0.25) is 0 Å². The van der Waals surface area contributed by atoms with Crippen LogP contribution in [0, 0.1) is 0 Å². The van der Waals surface area contributed by atoms with E-state index in [2.05, 4.69) is 36.5 Å². The van der Waals surface area contributed by atoms with E-state index in [1.807, 2.05) is 0 Å². The van der Waals surface area contributed by atoms with Crippen LogP contribution in [0.1, 0.15) is 22.3 Å². The third kappa shape index (κ3) is 4.45. The number of carbonyl (C=O) groups is 2. The van der Waals surface area contributed by atoms with Crippen LogP contribution in [0.3, 0.4) is 0 Å². The van der Waals surface area contributed by atoms with Gasteiger partial charge >= 0.3 is 18.2 Å². The Morgan fingerprint density at radius 2 is 2.08 bits per heavy atom. The van der Waals surface area contributed by atoms with Crippen molar-refractivity contribution < 1.29 is 27.9 Å². The lowest BCUT2D eigenvalue weighted by Crippen LogP contribution is -2.28. The molecule has 2 aromatic rings. The molecule has 0 fully saturated rings. The van der Waals surface area contributed by atoms with Crippen molar-refractivity contribution in [2.24, 2.45) is 0 Å². The molecular weight excluding hydrogens is 429 g/mol. The first-order valence-corrected chi connectivity index (χ1v) is 8.26. The zero-order valence-electron chi connectivity index (χ0n) is 12.4. The number of nitrogens with zero attached hydrogens (tertiary/aromatic N) is 2. The fourth-order valence-electron chi connectivity index (χ4n) is 1.76. The molecule has 0 bridgehead atoms. The van der Waals surface area contributed by atoms with Gasteiger partial charge in [-0.2, -0.15) is 13.2 Å². The van der Waals surface area contributed by atoms with Crippen LogP contribution in [-0.4, -0.2) is 33.6 Å². The second-order valence-corrected chi connectivity index (χ2v) is 6.39. The molecule has 0 aromatic carbocycles. The first-order chi connectivity index (χ1) is 11.6. The minimum Gasteiger partial charge on any atom is -0.477 e. The van der Waals surface area contributed by atoms with Gasteiger partial charge in [0.2, 0.25) is 0 Å². The van der Waals surface area contributed by atoms with E-state index in [0.29, 0.717) is 22.4 Å². The predicted octanol–water partition coefficient (Wildman–Crippen LogP) is 3.83. The van der Waals surface area contributed by atoms with E-state index in [0.717, 1.165) is 0 Å². The van der Waals surface area contributed by atoms with Crippen molar-refractivity contribution in [2.45, 2.75) is 13.1 Å². The Hall–Kier alpha value is -2.21. The number of halogens is 4. The zero-order valence-corrected chi connectivity index (χ0v) is 14.8. The minimum atomic E-state index is -4.90. The summed E-state index contributed by atoms with van der Waals surface area (Å²) in [4.78, 5) is 29.0. The summed E-state index contributed by atoms with van der Waals surface area (Å²) in [5.74, 6) is -1.65. The van der Waals surface area contributed by atoms with Gasteiger partial charge in [0.15, 0.2) is 5.69 Å². The van der Waals surface area contributed by atoms with Gasteiger partial charge in [0.25, 0.3) is 0 Å². The number of hydrogen-bond donors (Lipinski definition) is 3. The summed E-state index contributed by atoms with van der Waals surface area (Å²) in [5, 5.41) is 13.7. The molecule has 0 aliphatic carbocycles. The number of aromatic carboxylic acids is 1. The number of anilines is 1. The summed E-state index contributed by atoms with van der Waals surface area (Å²) in [5.41, 5.74) is -1.30. The molecule has 2 aromatic heterocycles. The molecule has 2 amide bonds. The number of hydrogen-bond acceptors (Lipinski definition) is 5. The van der Waals surface area contributed by atoms with Gasteiger partial charge in [-0.05, 0) is 28.9 Å². The highest BCUT2D eigenvalue weighted by molar-refractivity contribution is 9.10. The Kier molecular flexibility index (Phi) is 5.62. The molecular formula is C13H10BrF3N4O3S. The topological polar surface area (TPSA) is 104 Å². The van der Waals surface area contributed by atoms with Crippen LogP contribution in [0.25, 0.3) is 10.6 Å². The molecule has 0 radical (unpaired) electrons. The SMILES string of the molecule is CCNC(=O)Nc1cc(-c2nc(C(F)(F)F)c(C(=O)O)s2)c(Br)cn1. The van der Waals surface area contributed by atoms with Crippen molar-refractivity contribution in [3.05, 3.63) is 27.3 Å². The Bertz CT molecular complexity index is 825. The third-order valence-electron chi connectivity index (χ3n) is 2.75. The molecule has 0 aliphatic heterocycles. The molecule has 0 unspecified atom stereocenters. The molecule has 0 saturated carbocycles. The summed E-state index contributed by atoms with van der Waals surface area (Å²) >= 11 is 3.52. The van der Waals surface area contributed by atoms with Crippen LogP contribution >= 0.6 is 27.3 Å². The number of nitrogens with one attached hydrogen (secondary N) is 2. The summed E-state index contributed by atoms with van der Waals surface area (Å²) in [6, 6.07) is 0.758.